The summed E-state index contributed by atoms with van der Waals surface area (Å²) in [4.78, 5) is 25.9. The smallest absolute Gasteiger partial charge is 0.255 e. The lowest BCUT2D eigenvalue weighted by molar-refractivity contribution is -0.117. The molecule has 0 saturated carbocycles. The minimum absolute atomic E-state index is 0.178. The number of hydrogen-bond donors (Lipinski definition) is 2. The number of rotatable bonds is 3. The molecule has 0 spiro atoms. The first-order valence-corrected chi connectivity index (χ1v) is 7.68. The van der Waals surface area contributed by atoms with Crippen LogP contribution in [-0.4, -0.2) is 23.0 Å². The fraction of sp³-hybridized carbons (Fsp3) is 0.118. The van der Waals surface area contributed by atoms with E-state index in [4.69, 9.17) is 12.2 Å². The van der Waals surface area contributed by atoms with Gasteiger partial charge in [-0.25, -0.2) is 4.39 Å². The van der Waals surface area contributed by atoms with Gasteiger partial charge in [-0.15, -0.1) is 0 Å². The first kappa shape index (κ1) is 16.1. The van der Waals surface area contributed by atoms with Crippen LogP contribution >= 0.6 is 12.2 Å². The highest BCUT2D eigenvalue weighted by Gasteiger charge is 2.33. The number of thiocarbonyl (C=S) groups is 1. The average Bonchev–Trinajstić information content (AvgIpc) is 2.80. The second-order valence-electron chi connectivity index (χ2n) is 5.36. The van der Waals surface area contributed by atoms with Gasteiger partial charge in [0.15, 0.2) is 5.11 Å². The van der Waals surface area contributed by atoms with E-state index in [1.165, 1.54) is 23.1 Å². The minimum atomic E-state index is -0.436. The van der Waals surface area contributed by atoms with Gasteiger partial charge in [0, 0.05) is 11.3 Å². The Morgan fingerprint density at radius 2 is 2.00 bits per heavy atom. The van der Waals surface area contributed by atoms with E-state index in [9.17, 15) is 14.0 Å². The summed E-state index contributed by atoms with van der Waals surface area (Å²) in [5.74, 6) is -1.02. The van der Waals surface area contributed by atoms with Gasteiger partial charge in [0.25, 0.3) is 11.8 Å². The van der Waals surface area contributed by atoms with Gasteiger partial charge in [-0.05, 0) is 55.5 Å². The Morgan fingerprint density at radius 3 is 2.67 bits per heavy atom. The fourth-order valence-corrected chi connectivity index (χ4v) is 2.78. The van der Waals surface area contributed by atoms with Gasteiger partial charge in [-0.1, -0.05) is 12.1 Å². The molecule has 3 rings (SSSR count). The summed E-state index contributed by atoms with van der Waals surface area (Å²) in [6, 6.07) is 11.8. The Labute approximate surface area is 143 Å². The zero-order chi connectivity index (χ0) is 17.3. The summed E-state index contributed by atoms with van der Waals surface area (Å²) in [5.41, 5.74) is 1.20. The van der Waals surface area contributed by atoms with Crippen LogP contribution in [0.5, 0.6) is 0 Å². The van der Waals surface area contributed by atoms with Crippen LogP contribution in [0.1, 0.15) is 17.3 Å². The van der Waals surface area contributed by atoms with Crippen molar-refractivity contribution in [2.75, 3.05) is 10.2 Å². The highest BCUT2D eigenvalue weighted by molar-refractivity contribution is 7.80. The molecule has 0 aromatic heterocycles. The lowest BCUT2D eigenvalue weighted by atomic mass is 10.1. The number of carbonyl (C=O) groups is 2. The van der Waals surface area contributed by atoms with Crippen LogP contribution in [0.4, 0.5) is 15.8 Å². The fourth-order valence-electron chi connectivity index (χ4n) is 2.41. The zero-order valence-electron chi connectivity index (χ0n) is 12.7. The number of nitrogens with one attached hydrogen (secondary N) is 2. The lowest BCUT2D eigenvalue weighted by Crippen LogP contribution is -2.30. The van der Waals surface area contributed by atoms with Crippen LogP contribution in [0, 0.1) is 5.82 Å². The average molecular weight is 343 g/mol. The summed E-state index contributed by atoms with van der Waals surface area (Å²) >= 11 is 5.16. The number of carbonyl (C=O) groups excluding carboxylic acids is 2. The van der Waals surface area contributed by atoms with E-state index >= 15 is 0 Å². The monoisotopic (exact) mass is 343 g/mol. The molecule has 0 radical (unpaired) electrons. The number of halogens is 1. The van der Waals surface area contributed by atoms with Crippen LogP contribution in [0.2, 0.25) is 0 Å². The Kier molecular flexibility index (Phi) is 4.26. The first-order valence-electron chi connectivity index (χ1n) is 7.27. The number of amides is 2. The third-order valence-electron chi connectivity index (χ3n) is 3.58. The number of hydrogen-bond acceptors (Lipinski definition) is 3. The molecule has 5 nitrogen and oxygen atoms in total. The molecular formula is C17H14FN3O2S. The molecule has 2 amide bonds. The van der Waals surface area contributed by atoms with Crippen LogP contribution in [0.25, 0.3) is 0 Å². The summed E-state index contributed by atoms with van der Waals surface area (Å²) in [6.45, 7) is 1.72. The van der Waals surface area contributed by atoms with Crippen LogP contribution in [0.15, 0.2) is 48.5 Å². The molecule has 1 saturated heterocycles. The Hall–Kier alpha value is -2.80. The number of nitrogens with zero attached hydrogens (tertiary/aromatic N) is 1. The van der Waals surface area contributed by atoms with Crippen LogP contribution in [0.3, 0.4) is 0 Å². The predicted molar refractivity (Wildman–Crippen MR) is 93.5 cm³/mol. The Balaban J connectivity index is 1.84. The highest BCUT2D eigenvalue weighted by atomic mass is 32.1. The molecule has 2 aromatic rings. The van der Waals surface area contributed by atoms with Crippen molar-refractivity contribution >= 4 is 40.5 Å². The second kappa shape index (κ2) is 6.37. The molecule has 2 aromatic carbocycles. The van der Waals surface area contributed by atoms with Crippen molar-refractivity contribution in [2.24, 2.45) is 0 Å². The van der Waals surface area contributed by atoms with Gasteiger partial charge in [-0.2, -0.15) is 0 Å². The quantitative estimate of drug-likeness (QED) is 0.841. The van der Waals surface area contributed by atoms with E-state index in [-0.39, 0.29) is 5.91 Å². The van der Waals surface area contributed by atoms with E-state index in [2.05, 4.69) is 10.6 Å². The Morgan fingerprint density at radius 1 is 1.25 bits per heavy atom. The molecule has 24 heavy (non-hydrogen) atoms. The molecule has 0 bridgehead atoms. The molecule has 7 heteroatoms. The van der Waals surface area contributed by atoms with Gasteiger partial charge in [-0.3, -0.25) is 14.5 Å². The minimum Gasteiger partial charge on any atom is -0.350 e. The third kappa shape index (κ3) is 3.11. The topological polar surface area (TPSA) is 61.4 Å². The van der Waals surface area contributed by atoms with Gasteiger partial charge >= 0.3 is 0 Å². The molecule has 122 valence electrons. The summed E-state index contributed by atoms with van der Waals surface area (Å²) in [5, 5.41) is 5.79. The van der Waals surface area contributed by atoms with Crippen molar-refractivity contribution in [2.45, 2.75) is 13.0 Å². The maximum absolute atomic E-state index is 13.2. The summed E-state index contributed by atoms with van der Waals surface area (Å²) < 4.78 is 13.2. The largest absolute Gasteiger partial charge is 0.350 e. The Bertz CT molecular complexity index is 840. The van der Waals surface area contributed by atoms with E-state index < -0.39 is 17.8 Å². The molecule has 0 unspecified atom stereocenters. The first-order chi connectivity index (χ1) is 11.5. The van der Waals surface area contributed by atoms with Crippen molar-refractivity contribution in [3.8, 4) is 0 Å². The maximum atomic E-state index is 13.2. The number of anilines is 2. The number of benzene rings is 2. The highest BCUT2D eigenvalue weighted by Crippen LogP contribution is 2.21. The molecule has 1 aliphatic heterocycles. The second-order valence-corrected chi connectivity index (χ2v) is 5.75. The van der Waals surface area contributed by atoms with E-state index in [0.717, 1.165) is 0 Å². The van der Waals surface area contributed by atoms with Crippen molar-refractivity contribution in [3.05, 3.63) is 59.9 Å². The van der Waals surface area contributed by atoms with E-state index in [0.29, 0.717) is 22.1 Å². The normalized spacial score (nSPS) is 16.9. The molecule has 1 heterocycles. The molecule has 2 N–H and O–H groups in total. The molecule has 1 fully saturated rings. The maximum Gasteiger partial charge on any atom is 0.255 e. The van der Waals surface area contributed by atoms with E-state index in [1.807, 2.05) is 0 Å². The van der Waals surface area contributed by atoms with Crippen molar-refractivity contribution < 1.29 is 14.0 Å². The third-order valence-corrected chi connectivity index (χ3v) is 3.88. The molecule has 1 atom stereocenters. The molecule has 0 aliphatic carbocycles. The van der Waals surface area contributed by atoms with Gasteiger partial charge < -0.3 is 10.6 Å². The van der Waals surface area contributed by atoms with Crippen molar-refractivity contribution in [3.63, 3.8) is 0 Å². The lowest BCUT2D eigenvalue weighted by Gasteiger charge is -2.15. The molecular weight excluding hydrogens is 329 g/mol. The van der Waals surface area contributed by atoms with Crippen molar-refractivity contribution in [1.82, 2.24) is 5.32 Å². The standard InChI is InChI=1S/C17H14FN3O2S/c1-10-16(23)21(17(24)19-10)14-7-2-4-11(8-14)15(22)20-13-6-3-5-12(18)9-13/h2-10H,1H3,(H,19,24)(H,20,22)/t10-/m0/s1. The SMILES string of the molecule is C[C@@H]1NC(=S)N(c2cccc(C(=O)Nc3cccc(F)c3)c2)C1=O. The molecule has 1 aliphatic rings. The summed E-state index contributed by atoms with van der Waals surface area (Å²) in [7, 11) is 0. The van der Waals surface area contributed by atoms with Gasteiger partial charge in [0.05, 0.1) is 5.69 Å². The summed E-state index contributed by atoms with van der Waals surface area (Å²) in [6.07, 6.45) is 0. The van der Waals surface area contributed by atoms with E-state index in [1.54, 1.807) is 37.3 Å². The van der Waals surface area contributed by atoms with Gasteiger partial charge in [0.1, 0.15) is 11.9 Å². The van der Waals surface area contributed by atoms with Gasteiger partial charge in [0.2, 0.25) is 0 Å². The van der Waals surface area contributed by atoms with Crippen LogP contribution in [-0.2, 0) is 4.79 Å². The van der Waals surface area contributed by atoms with Crippen molar-refractivity contribution in [1.29, 1.82) is 0 Å². The predicted octanol–water partition coefficient (Wildman–Crippen LogP) is 2.69. The zero-order valence-corrected chi connectivity index (χ0v) is 13.6. The van der Waals surface area contributed by atoms with Crippen LogP contribution < -0.4 is 15.5 Å².